The molecule has 0 aromatic carbocycles. The Bertz CT molecular complexity index is 324. The minimum atomic E-state index is -1.02. The highest BCUT2D eigenvalue weighted by molar-refractivity contribution is 6.04. The second kappa shape index (κ2) is 4.51. The van der Waals surface area contributed by atoms with Crippen molar-refractivity contribution in [3.8, 4) is 0 Å². The Hall–Kier alpha value is -1.32. The average Bonchev–Trinajstić information content (AvgIpc) is 2.94. The monoisotopic (exact) mass is 238 g/mol. The van der Waals surface area contributed by atoms with E-state index in [9.17, 15) is 9.59 Å². The Labute approximate surface area is 101 Å². The van der Waals surface area contributed by atoms with Gasteiger partial charge in [-0.1, -0.05) is 12.2 Å². The topological polar surface area (TPSA) is 52.6 Å². The highest BCUT2D eigenvalue weighted by atomic mass is 16.5. The summed E-state index contributed by atoms with van der Waals surface area (Å²) in [6.07, 6.45) is 7.77. The standard InChI is InChI=1S/C13H18O4/c1-16-11(14)13(12(15)17-2)9-7-5-3-4-6-8-10(9)13/h3-4,9-10H,5-8H2,1-2H3. The van der Waals surface area contributed by atoms with Gasteiger partial charge in [-0.2, -0.15) is 0 Å². The van der Waals surface area contributed by atoms with Crippen molar-refractivity contribution in [2.24, 2.45) is 17.3 Å². The largest absolute Gasteiger partial charge is 0.468 e. The van der Waals surface area contributed by atoms with Crippen molar-refractivity contribution in [1.82, 2.24) is 0 Å². The van der Waals surface area contributed by atoms with Crippen LogP contribution in [0.25, 0.3) is 0 Å². The van der Waals surface area contributed by atoms with Gasteiger partial charge >= 0.3 is 11.9 Å². The molecule has 0 amide bonds. The second-order valence-corrected chi connectivity index (χ2v) is 4.69. The van der Waals surface area contributed by atoms with Gasteiger partial charge in [-0.3, -0.25) is 9.59 Å². The number of esters is 2. The lowest BCUT2D eigenvalue weighted by atomic mass is 10.00. The molecule has 94 valence electrons. The van der Waals surface area contributed by atoms with Gasteiger partial charge < -0.3 is 9.47 Å². The fourth-order valence-corrected chi connectivity index (χ4v) is 3.21. The summed E-state index contributed by atoms with van der Waals surface area (Å²) in [5.74, 6) is -0.679. The number of methoxy groups -OCH3 is 2. The predicted molar refractivity (Wildman–Crippen MR) is 61.1 cm³/mol. The first-order valence-electron chi connectivity index (χ1n) is 6.01. The van der Waals surface area contributed by atoms with Crippen LogP contribution in [-0.2, 0) is 19.1 Å². The summed E-state index contributed by atoms with van der Waals surface area (Å²) in [5, 5.41) is 0. The van der Waals surface area contributed by atoms with Crippen molar-refractivity contribution in [2.75, 3.05) is 14.2 Å². The molecule has 1 fully saturated rings. The molecule has 0 aliphatic heterocycles. The van der Waals surface area contributed by atoms with Crippen LogP contribution in [0, 0.1) is 17.3 Å². The van der Waals surface area contributed by atoms with Crippen molar-refractivity contribution < 1.29 is 19.1 Å². The molecule has 0 aromatic rings. The van der Waals surface area contributed by atoms with E-state index in [0.29, 0.717) is 0 Å². The molecule has 0 aromatic heterocycles. The summed E-state index contributed by atoms with van der Waals surface area (Å²) < 4.78 is 9.63. The first-order chi connectivity index (χ1) is 8.19. The van der Waals surface area contributed by atoms with Gasteiger partial charge in [-0.05, 0) is 37.5 Å². The van der Waals surface area contributed by atoms with Crippen LogP contribution in [0.15, 0.2) is 12.2 Å². The minimum absolute atomic E-state index is 0.0901. The van der Waals surface area contributed by atoms with Crippen LogP contribution in [-0.4, -0.2) is 26.2 Å². The van der Waals surface area contributed by atoms with E-state index in [1.165, 1.54) is 14.2 Å². The van der Waals surface area contributed by atoms with Gasteiger partial charge in [-0.25, -0.2) is 0 Å². The van der Waals surface area contributed by atoms with E-state index in [2.05, 4.69) is 12.2 Å². The fourth-order valence-electron chi connectivity index (χ4n) is 3.21. The Kier molecular flexibility index (Phi) is 3.22. The average molecular weight is 238 g/mol. The SMILES string of the molecule is COC(=O)C1(C(=O)OC)C2CCC=CCCC21. The first kappa shape index (κ1) is 12.1. The van der Waals surface area contributed by atoms with E-state index in [0.717, 1.165) is 25.7 Å². The van der Waals surface area contributed by atoms with Crippen molar-refractivity contribution in [2.45, 2.75) is 25.7 Å². The van der Waals surface area contributed by atoms with Crippen molar-refractivity contribution in [3.63, 3.8) is 0 Å². The highest BCUT2D eigenvalue weighted by Gasteiger charge is 2.74. The molecule has 0 N–H and O–H groups in total. The molecule has 17 heavy (non-hydrogen) atoms. The number of allylic oxidation sites excluding steroid dienone is 2. The Morgan fingerprint density at radius 2 is 1.41 bits per heavy atom. The van der Waals surface area contributed by atoms with E-state index in [4.69, 9.17) is 9.47 Å². The van der Waals surface area contributed by atoms with Crippen molar-refractivity contribution in [1.29, 1.82) is 0 Å². The summed E-state index contributed by atoms with van der Waals surface area (Å²) in [4.78, 5) is 23.9. The Balaban J connectivity index is 2.26. The maximum Gasteiger partial charge on any atom is 0.323 e. The van der Waals surface area contributed by atoms with E-state index in [1.54, 1.807) is 0 Å². The summed E-state index contributed by atoms with van der Waals surface area (Å²) in [6, 6.07) is 0. The minimum Gasteiger partial charge on any atom is -0.468 e. The van der Waals surface area contributed by atoms with E-state index < -0.39 is 17.4 Å². The Morgan fingerprint density at radius 1 is 1.00 bits per heavy atom. The molecule has 4 heteroatoms. The second-order valence-electron chi connectivity index (χ2n) is 4.69. The van der Waals surface area contributed by atoms with Gasteiger partial charge in [0.1, 0.15) is 0 Å². The summed E-state index contributed by atoms with van der Waals surface area (Å²) in [6.45, 7) is 0. The predicted octanol–water partition coefficient (Wildman–Crippen LogP) is 1.69. The molecule has 0 spiro atoms. The molecule has 0 radical (unpaired) electrons. The maximum atomic E-state index is 11.9. The number of carbonyl (C=O) groups excluding carboxylic acids is 2. The number of carbonyl (C=O) groups is 2. The van der Waals surface area contributed by atoms with E-state index >= 15 is 0 Å². The summed E-state index contributed by atoms with van der Waals surface area (Å²) in [5.41, 5.74) is -1.02. The third kappa shape index (κ3) is 1.66. The van der Waals surface area contributed by atoms with Gasteiger partial charge in [0.05, 0.1) is 14.2 Å². The third-order valence-electron chi connectivity index (χ3n) is 4.05. The van der Waals surface area contributed by atoms with Crippen LogP contribution in [0.2, 0.25) is 0 Å². The van der Waals surface area contributed by atoms with Crippen LogP contribution < -0.4 is 0 Å². The molecule has 0 heterocycles. The third-order valence-corrected chi connectivity index (χ3v) is 4.05. The van der Waals surface area contributed by atoms with E-state index in [1.807, 2.05) is 0 Å². The van der Waals surface area contributed by atoms with Crippen LogP contribution >= 0.6 is 0 Å². The fraction of sp³-hybridized carbons (Fsp3) is 0.692. The smallest absolute Gasteiger partial charge is 0.323 e. The van der Waals surface area contributed by atoms with Gasteiger partial charge in [0.2, 0.25) is 0 Å². The summed E-state index contributed by atoms with van der Waals surface area (Å²) >= 11 is 0. The molecule has 1 saturated carbocycles. The molecule has 0 bridgehead atoms. The highest BCUT2D eigenvalue weighted by Crippen LogP contribution is 2.64. The molecule has 2 unspecified atom stereocenters. The zero-order valence-corrected chi connectivity index (χ0v) is 10.3. The lowest BCUT2D eigenvalue weighted by molar-refractivity contribution is -0.163. The van der Waals surface area contributed by atoms with Gasteiger partial charge in [0, 0.05) is 0 Å². The molecule has 2 aliphatic rings. The number of hydrogen-bond acceptors (Lipinski definition) is 4. The molecule has 2 aliphatic carbocycles. The van der Waals surface area contributed by atoms with Crippen LogP contribution in [0.3, 0.4) is 0 Å². The van der Waals surface area contributed by atoms with Gasteiger partial charge in [0.15, 0.2) is 5.41 Å². The maximum absolute atomic E-state index is 11.9. The van der Waals surface area contributed by atoms with Crippen molar-refractivity contribution >= 4 is 11.9 Å². The molecule has 4 nitrogen and oxygen atoms in total. The number of fused-ring (bicyclic) bond motifs is 1. The first-order valence-corrected chi connectivity index (χ1v) is 6.01. The zero-order valence-electron chi connectivity index (χ0n) is 10.3. The van der Waals surface area contributed by atoms with Crippen LogP contribution in [0.1, 0.15) is 25.7 Å². The van der Waals surface area contributed by atoms with E-state index in [-0.39, 0.29) is 11.8 Å². The molecular weight excluding hydrogens is 220 g/mol. The van der Waals surface area contributed by atoms with Gasteiger partial charge in [0.25, 0.3) is 0 Å². The van der Waals surface area contributed by atoms with Crippen molar-refractivity contribution in [3.05, 3.63) is 12.2 Å². The molecule has 2 rings (SSSR count). The number of ether oxygens (including phenoxy) is 2. The molecule has 2 atom stereocenters. The molecule has 0 saturated heterocycles. The number of hydrogen-bond donors (Lipinski definition) is 0. The quantitative estimate of drug-likeness (QED) is 0.417. The zero-order chi connectivity index (χ0) is 12.5. The number of rotatable bonds is 2. The lowest BCUT2D eigenvalue weighted by Crippen LogP contribution is -2.32. The van der Waals surface area contributed by atoms with Gasteiger partial charge in [-0.15, -0.1) is 0 Å². The summed E-state index contributed by atoms with van der Waals surface area (Å²) in [7, 11) is 2.66. The lowest BCUT2D eigenvalue weighted by Gasteiger charge is -2.12. The van der Waals surface area contributed by atoms with Crippen LogP contribution in [0.5, 0.6) is 0 Å². The van der Waals surface area contributed by atoms with Crippen LogP contribution in [0.4, 0.5) is 0 Å². The normalized spacial score (nSPS) is 29.5. The Morgan fingerprint density at radius 3 is 1.76 bits per heavy atom. The molecular formula is C13H18O4.